The van der Waals surface area contributed by atoms with Gasteiger partial charge < -0.3 is 9.47 Å². The first kappa shape index (κ1) is 10.7. The molecule has 1 aliphatic rings. The molecule has 1 aliphatic heterocycles. The van der Waals surface area contributed by atoms with E-state index in [1.807, 2.05) is 38.1 Å². The molecule has 1 aromatic rings. The average Bonchev–Trinajstić information content (AvgIpc) is 2.26. The number of benzene rings is 1. The van der Waals surface area contributed by atoms with Crippen molar-refractivity contribution >= 4 is 12.4 Å². The average molecular weight is 218 g/mol. The van der Waals surface area contributed by atoms with Crippen LogP contribution in [0.1, 0.15) is 19.4 Å². The summed E-state index contributed by atoms with van der Waals surface area (Å²) in [5.74, 6) is 1.49. The highest BCUT2D eigenvalue weighted by molar-refractivity contribution is 5.86. The zero-order valence-electron chi connectivity index (χ0n) is 9.61. The van der Waals surface area contributed by atoms with Crippen molar-refractivity contribution in [2.45, 2.75) is 19.4 Å². The van der Waals surface area contributed by atoms with Gasteiger partial charge in [0.25, 0.3) is 0 Å². The number of carbonyl (C=O) groups excluding carboxylic acids is 1. The topological polar surface area (TPSA) is 35.5 Å². The molecule has 0 spiro atoms. The van der Waals surface area contributed by atoms with Crippen molar-refractivity contribution in [3.05, 3.63) is 29.3 Å². The van der Waals surface area contributed by atoms with Crippen LogP contribution in [0.2, 0.25) is 0 Å². The van der Waals surface area contributed by atoms with Gasteiger partial charge in [0.15, 0.2) is 0 Å². The number of rotatable bonds is 2. The zero-order chi connectivity index (χ0) is 11.8. The molecule has 16 heavy (non-hydrogen) atoms. The summed E-state index contributed by atoms with van der Waals surface area (Å²) < 4.78 is 10.9. The SMILES string of the molecule is COc1ccc2c(c1)OC(C)(C)C(C=O)=C2. The van der Waals surface area contributed by atoms with Gasteiger partial charge in [0, 0.05) is 17.2 Å². The zero-order valence-corrected chi connectivity index (χ0v) is 9.61. The lowest BCUT2D eigenvalue weighted by Crippen LogP contribution is -2.33. The lowest BCUT2D eigenvalue weighted by molar-refractivity contribution is -0.106. The summed E-state index contributed by atoms with van der Waals surface area (Å²) in [6.45, 7) is 3.74. The maximum Gasteiger partial charge on any atom is 0.150 e. The van der Waals surface area contributed by atoms with E-state index in [1.54, 1.807) is 7.11 Å². The van der Waals surface area contributed by atoms with Crippen LogP contribution in [0.25, 0.3) is 6.08 Å². The number of fused-ring (bicyclic) bond motifs is 1. The summed E-state index contributed by atoms with van der Waals surface area (Å²) in [7, 11) is 1.61. The molecular weight excluding hydrogens is 204 g/mol. The highest BCUT2D eigenvalue weighted by Crippen LogP contribution is 2.36. The van der Waals surface area contributed by atoms with Crippen LogP contribution in [0.3, 0.4) is 0 Å². The van der Waals surface area contributed by atoms with E-state index >= 15 is 0 Å². The summed E-state index contributed by atoms with van der Waals surface area (Å²) in [6, 6.07) is 5.56. The van der Waals surface area contributed by atoms with Crippen LogP contribution in [-0.2, 0) is 4.79 Å². The van der Waals surface area contributed by atoms with E-state index in [0.717, 1.165) is 23.3 Å². The molecule has 0 N–H and O–H groups in total. The molecule has 0 radical (unpaired) electrons. The van der Waals surface area contributed by atoms with Crippen molar-refractivity contribution in [2.75, 3.05) is 7.11 Å². The van der Waals surface area contributed by atoms with Gasteiger partial charge in [-0.25, -0.2) is 0 Å². The second-order valence-corrected chi connectivity index (χ2v) is 4.23. The summed E-state index contributed by atoms with van der Waals surface area (Å²) in [6.07, 6.45) is 2.69. The van der Waals surface area contributed by atoms with Gasteiger partial charge in [0.1, 0.15) is 23.4 Å². The molecule has 2 rings (SSSR count). The van der Waals surface area contributed by atoms with Gasteiger partial charge in [-0.3, -0.25) is 4.79 Å². The minimum Gasteiger partial charge on any atom is -0.497 e. The van der Waals surface area contributed by atoms with Crippen molar-refractivity contribution < 1.29 is 14.3 Å². The molecule has 0 bridgehead atoms. The number of hydrogen-bond donors (Lipinski definition) is 0. The third-order valence-electron chi connectivity index (χ3n) is 2.72. The largest absolute Gasteiger partial charge is 0.497 e. The Morgan fingerprint density at radius 3 is 2.75 bits per heavy atom. The predicted molar refractivity (Wildman–Crippen MR) is 61.7 cm³/mol. The third kappa shape index (κ3) is 1.69. The number of methoxy groups -OCH3 is 1. The van der Waals surface area contributed by atoms with Crippen LogP contribution in [0.5, 0.6) is 11.5 Å². The minimum atomic E-state index is -0.582. The van der Waals surface area contributed by atoms with E-state index in [9.17, 15) is 4.79 Å². The maximum absolute atomic E-state index is 10.9. The fourth-order valence-electron chi connectivity index (χ4n) is 1.70. The van der Waals surface area contributed by atoms with Crippen LogP contribution in [0, 0.1) is 0 Å². The van der Waals surface area contributed by atoms with Crippen molar-refractivity contribution in [1.82, 2.24) is 0 Å². The molecule has 1 heterocycles. The quantitative estimate of drug-likeness (QED) is 0.715. The van der Waals surface area contributed by atoms with Crippen LogP contribution >= 0.6 is 0 Å². The summed E-state index contributed by atoms with van der Waals surface area (Å²) in [4.78, 5) is 10.9. The fourth-order valence-corrected chi connectivity index (χ4v) is 1.70. The maximum atomic E-state index is 10.9. The van der Waals surface area contributed by atoms with E-state index in [2.05, 4.69) is 0 Å². The fraction of sp³-hybridized carbons (Fsp3) is 0.308. The molecule has 1 aromatic carbocycles. The molecule has 0 aromatic heterocycles. The Morgan fingerprint density at radius 2 is 2.12 bits per heavy atom. The van der Waals surface area contributed by atoms with E-state index < -0.39 is 5.60 Å². The summed E-state index contributed by atoms with van der Waals surface area (Å²) >= 11 is 0. The van der Waals surface area contributed by atoms with Crippen LogP contribution < -0.4 is 9.47 Å². The van der Waals surface area contributed by atoms with Crippen LogP contribution in [0.15, 0.2) is 23.8 Å². The number of carbonyl (C=O) groups is 1. The highest BCUT2D eigenvalue weighted by Gasteiger charge is 2.30. The lowest BCUT2D eigenvalue weighted by Gasteiger charge is -2.31. The Morgan fingerprint density at radius 1 is 1.38 bits per heavy atom. The molecule has 3 heteroatoms. The van der Waals surface area contributed by atoms with Gasteiger partial charge in [0.2, 0.25) is 0 Å². The van der Waals surface area contributed by atoms with Gasteiger partial charge >= 0.3 is 0 Å². The Kier molecular flexibility index (Phi) is 2.46. The predicted octanol–water partition coefficient (Wildman–Crippen LogP) is 2.45. The van der Waals surface area contributed by atoms with Gasteiger partial charge in [-0.15, -0.1) is 0 Å². The van der Waals surface area contributed by atoms with Gasteiger partial charge in [-0.05, 0) is 32.1 Å². The summed E-state index contributed by atoms with van der Waals surface area (Å²) in [5.41, 5.74) is 0.966. The van der Waals surface area contributed by atoms with Crippen molar-refractivity contribution in [2.24, 2.45) is 0 Å². The standard InChI is InChI=1S/C13H14O3/c1-13(2)10(8-14)6-9-4-5-11(15-3)7-12(9)16-13/h4-8H,1-3H3. The van der Waals surface area contributed by atoms with Gasteiger partial charge in [0.05, 0.1) is 7.11 Å². The lowest BCUT2D eigenvalue weighted by atomic mass is 9.93. The Hall–Kier alpha value is -1.77. The van der Waals surface area contributed by atoms with E-state index in [4.69, 9.17) is 9.47 Å². The summed E-state index contributed by atoms with van der Waals surface area (Å²) in [5, 5.41) is 0. The molecule has 3 nitrogen and oxygen atoms in total. The van der Waals surface area contributed by atoms with E-state index in [1.165, 1.54) is 0 Å². The van der Waals surface area contributed by atoms with Gasteiger partial charge in [-0.1, -0.05) is 0 Å². The third-order valence-corrected chi connectivity index (χ3v) is 2.72. The Balaban J connectivity index is 2.51. The van der Waals surface area contributed by atoms with Crippen molar-refractivity contribution in [3.8, 4) is 11.5 Å². The minimum absolute atomic E-state index is 0.582. The first-order valence-electron chi connectivity index (χ1n) is 5.11. The van der Waals surface area contributed by atoms with Crippen molar-refractivity contribution in [1.29, 1.82) is 0 Å². The first-order chi connectivity index (χ1) is 7.56. The molecule has 0 fully saturated rings. The second kappa shape index (κ2) is 3.67. The molecule has 0 saturated carbocycles. The smallest absolute Gasteiger partial charge is 0.150 e. The second-order valence-electron chi connectivity index (χ2n) is 4.23. The normalized spacial score (nSPS) is 16.8. The van der Waals surface area contributed by atoms with Crippen LogP contribution in [0.4, 0.5) is 0 Å². The van der Waals surface area contributed by atoms with Gasteiger partial charge in [-0.2, -0.15) is 0 Å². The van der Waals surface area contributed by atoms with E-state index in [0.29, 0.717) is 5.57 Å². The molecule has 0 amide bonds. The first-order valence-corrected chi connectivity index (χ1v) is 5.11. The van der Waals surface area contributed by atoms with E-state index in [-0.39, 0.29) is 0 Å². The number of ether oxygens (including phenoxy) is 2. The molecule has 84 valence electrons. The van der Waals surface area contributed by atoms with Crippen molar-refractivity contribution in [3.63, 3.8) is 0 Å². The number of aldehydes is 1. The molecule has 0 atom stereocenters. The molecule has 0 aliphatic carbocycles. The molecule has 0 saturated heterocycles. The molecular formula is C13H14O3. The Labute approximate surface area is 94.7 Å². The monoisotopic (exact) mass is 218 g/mol. The Bertz CT molecular complexity index is 458. The number of hydrogen-bond acceptors (Lipinski definition) is 3. The van der Waals surface area contributed by atoms with Crippen LogP contribution in [-0.4, -0.2) is 19.0 Å². The highest BCUT2D eigenvalue weighted by atomic mass is 16.5. The molecule has 0 unspecified atom stereocenters.